The predicted molar refractivity (Wildman–Crippen MR) is 152 cm³/mol. The fourth-order valence-corrected chi connectivity index (χ4v) is 6.40. The molecule has 11 heteroatoms. The lowest BCUT2D eigenvalue weighted by molar-refractivity contribution is 0.0744. The molecule has 212 valence electrons. The van der Waals surface area contributed by atoms with E-state index < -0.39 is 44.5 Å². The number of sulfone groups is 1. The van der Waals surface area contributed by atoms with Crippen molar-refractivity contribution in [2.45, 2.75) is 50.2 Å². The number of benzene rings is 3. The first kappa shape index (κ1) is 30.1. The van der Waals surface area contributed by atoms with Crippen LogP contribution in [0.25, 0.3) is 22.5 Å². The summed E-state index contributed by atoms with van der Waals surface area (Å²) in [5.74, 6) is -2.21. The molecule has 3 N–H and O–H groups in total. The molecular weight excluding hydrogens is 581 g/mol. The topological polar surface area (TPSA) is 103 Å². The van der Waals surface area contributed by atoms with E-state index in [2.05, 4.69) is 9.97 Å². The smallest absolute Gasteiger partial charge is 0.176 e. The van der Waals surface area contributed by atoms with E-state index >= 15 is 8.78 Å². The first-order valence-electron chi connectivity index (χ1n) is 12.4. The third kappa shape index (κ3) is 5.66. The Labute approximate surface area is 241 Å². The molecule has 4 rings (SSSR count). The van der Waals surface area contributed by atoms with Crippen LogP contribution in [0.2, 0.25) is 10.0 Å². The van der Waals surface area contributed by atoms with Crippen LogP contribution in [-0.4, -0.2) is 34.9 Å². The highest BCUT2D eigenvalue weighted by molar-refractivity contribution is 7.90. The molecule has 0 bridgehead atoms. The van der Waals surface area contributed by atoms with Gasteiger partial charge in [-0.15, -0.1) is 0 Å². The highest BCUT2D eigenvalue weighted by Crippen LogP contribution is 2.45. The molecule has 0 spiro atoms. The quantitative estimate of drug-likeness (QED) is 0.200. The Morgan fingerprint density at radius 1 is 1.05 bits per heavy atom. The zero-order valence-electron chi connectivity index (χ0n) is 22.2. The molecule has 0 amide bonds. The average molecular weight is 610 g/mol. The molecule has 0 saturated heterocycles. The summed E-state index contributed by atoms with van der Waals surface area (Å²) < 4.78 is 56.9. The Hall–Kier alpha value is -2.82. The molecule has 1 aromatic heterocycles. The number of halogens is 4. The lowest BCUT2D eigenvalue weighted by Gasteiger charge is -2.24. The van der Waals surface area contributed by atoms with E-state index in [0.29, 0.717) is 27.7 Å². The van der Waals surface area contributed by atoms with E-state index in [0.717, 1.165) is 12.3 Å². The van der Waals surface area contributed by atoms with Crippen LogP contribution in [0.4, 0.5) is 8.78 Å². The first-order valence-corrected chi connectivity index (χ1v) is 15.0. The maximum Gasteiger partial charge on any atom is 0.176 e. The van der Waals surface area contributed by atoms with Gasteiger partial charge in [0.1, 0.15) is 23.1 Å². The van der Waals surface area contributed by atoms with Gasteiger partial charge in [-0.25, -0.2) is 22.2 Å². The number of nitrogens with zero attached hydrogens (tertiary/aromatic N) is 1. The number of aromatic amines is 1. The number of imidazole rings is 1. The lowest BCUT2D eigenvalue weighted by atomic mass is 9.82. The van der Waals surface area contributed by atoms with E-state index in [1.165, 1.54) is 18.3 Å². The fraction of sp³-hybridized carbons (Fsp3) is 0.276. The van der Waals surface area contributed by atoms with Crippen LogP contribution in [0, 0.1) is 11.6 Å². The number of H-pyrrole nitrogens is 1. The number of rotatable bonds is 8. The summed E-state index contributed by atoms with van der Waals surface area (Å²) in [6, 6.07) is 10.2. The van der Waals surface area contributed by atoms with Crippen molar-refractivity contribution >= 4 is 33.0 Å². The van der Waals surface area contributed by atoms with Crippen LogP contribution < -0.4 is 0 Å². The van der Waals surface area contributed by atoms with Crippen molar-refractivity contribution in [3.8, 4) is 22.5 Å². The minimum absolute atomic E-state index is 0.0756. The largest absolute Gasteiger partial charge is 0.392 e. The Morgan fingerprint density at radius 2 is 1.68 bits per heavy atom. The molecule has 0 aliphatic carbocycles. The number of aliphatic hydroxyl groups excluding tert-OH is 1. The fourth-order valence-electron chi connectivity index (χ4n) is 4.78. The highest BCUT2D eigenvalue weighted by atomic mass is 35.5. The number of hydrogen-bond donors (Lipinski definition) is 3. The Bertz CT molecular complexity index is 1680. The Balaban J connectivity index is 2.08. The molecule has 1 atom stereocenters. The van der Waals surface area contributed by atoms with Gasteiger partial charge in [-0.05, 0) is 67.3 Å². The number of hydrogen-bond acceptors (Lipinski definition) is 5. The molecular formula is C29H28Cl2F2N2O4S. The van der Waals surface area contributed by atoms with E-state index in [1.807, 2.05) is 6.92 Å². The zero-order valence-corrected chi connectivity index (χ0v) is 24.5. The van der Waals surface area contributed by atoms with Crippen molar-refractivity contribution in [1.29, 1.82) is 0 Å². The molecule has 1 unspecified atom stereocenters. The summed E-state index contributed by atoms with van der Waals surface area (Å²) in [6.45, 7) is 4.11. The van der Waals surface area contributed by atoms with Crippen LogP contribution in [0.15, 0.2) is 53.6 Å². The molecule has 1 heterocycles. The van der Waals surface area contributed by atoms with Crippen molar-refractivity contribution in [2.24, 2.45) is 0 Å². The van der Waals surface area contributed by atoms with Crippen LogP contribution >= 0.6 is 23.2 Å². The molecule has 0 fully saturated rings. The minimum atomic E-state index is -3.95. The lowest BCUT2D eigenvalue weighted by Crippen LogP contribution is -2.15. The number of aromatic nitrogens is 2. The summed E-state index contributed by atoms with van der Waals surface area (Å²) in [7, 11) is -3.95. The molecule has 0 aliphatic heterocycles. The molecule has 40 heavy (non-hydrogen) atoms. The molecule has 3 aromatic carbocycles. The van der Waals surface area contributed by atoms with Crippen LogP contribution in [0.1, 0.15) is 55.5 Å². The van der Waals surface area contributed by atoms with Crippen molar-refractivity contribution < 1.29 is 27.4 Å². The van der Waals surface area contributed by atoms with E-state index in [4.69, 9.17) is 23.2 Å². The molecule has 0 saturated carbocycles. The minimum Gasteiger partial charge on any atom is -0.392 e. The van der Waals surface area contributed by atoms with Gasteiger partial charge in [-0.3, -0.25) is 0 Å². The van der Waals surface area contributed by atoms with Crippen molar-refractivity contribution in [3.63, 3.8) is 0 Å². The van der Waals surface area contributed by atoms with E-state index in [9.17, 15) is 18.6 Å². The zero-order chi connectivity index (χ0) is 29.6. The monoisotopic (exact) mass is 608 g/mol. The summed E-state index contributed by atoms with van der Waals surface area (Å²) in [5, 5.41) is 20.6. The van der Waals surface area contributed by atoms with Gasteiger partial charge < -0.3 is 15.2 Å². The normalized spacial score (nSPS) is 13.1. The first-order chi connectivity index (χ1) is 18.7. The summed E-state index contributed by atoms with van der Waals surface area (Å²) >= 11 is 13.1. The average Bonchev–Trinajstić information content (AvgIpc) is 3.36. The van der Waals surface area contributed by atoms with Gasteiger partial charge in [-0.1, -0.05) is 42.3 Å². The maximum absolute atomic E-state index is 16.7. The molecule has 0 aliphatic rings. The van der Waals surface area contributed by atoms with E-state index in [-0.39, 0.29) is 33.6 Å². The van der Waals surface area contributed by atoms with Crippen molar-refractivity contribution in [2.75, 3.05) is 6.26 Å². The third-order valence-electron chi connectivity index (χ3n) is 6.80. The van der Waals surface area contributed by atoms with Gasteiger partial charge >= 0.3 is 0 Å². The summed E-state index contributed by atoms with van der Waals surface area (Å²) in [6.07, 6.45) is 2.65. The van der Waals surface area contributed by atoms with E-state index in [1.54, 1.807) is 38.1 Å². The second-order valence-corrected chi connectivity index (χ2v) is 12.9. The van der Waals surface area contributed by atoms with Crippen LogP contribution in [-0.2, 0) is 22.0 Å². The predicted octanol–water partition coefficient (Wildman–Crippen LogP) is 6.99. The van der Waals surface area contributed by atoms with Crippen molar-refractivity contribution in [1.82, 2.24) is 9.97 Å². The van der Waals surface area contributed by atoms with Crippen LogP contribution in [0.5, 0.6) is 0 Å². The van der Waals surface area contributed by atoms with Gasteiger partial charge in [0.15, 0.2) is 9.84 Å². The molecule has 0 radical (unpaired) electrons. The van der Waals surface area contributed by atoms with Crippen LogP contribution in [0.3, 0.4) is 0 Å². The summed E-state index contributed by atoms with van der Waals surface area (Å²) in [5.41, 5.74) is -0.318. The van der Waals surface area contributed by atoms with Crippen molar-refractivity contribution in [3.05, 3.63) is 92.7 Å². The number of aliphatic hydroxyl groups is 2. The second kappa shape index (κ2) is 11.2. The Kier molecular flexibility index (Phi) is 8.45. The standard InChI is InChI=1S/C29H28Cl2F2N2O4S/c1-5-16(26-20(30)7-6-8-21(26)31)25-17(15-11-22(32)19(14-36)23(12-15)40(4,38)39)9-10-18(27(25)33)28-34-13-24(35-28)29(2,3)37/h6-13,16,36-37H,5,14H2,1-4H3,(H,34,35). The molecule has 4 aromatic rings. The highest BCUT2D eigenvalue weighted by Gasteiger charge is 2.29. The van der Waals surface area contributed by atoms with Gasteiger partial charge in [0.2, 0.25) is 0 Å². The second-order valence-electron chi connectivity index (χ2n) is 10.1. The van der Waals surface area contributed by atoms with Gasteiger partial charge in [0, 0.05) is 33.3 Å². The third-order valence-corrected chi connectivity index (χ3v) is 8.62. The Morgan fingerprint density at radius 3 is 2.20 bits per heavy atom. The maximum atomic E-state index is 16.7. The van der Waals surface area contributed by atoms with Gasteiger partial charge in [0.05, 0.1) is 29.0 Å². The SMILES string of the molecule is CCC(c1c(Cl)cccc1Cl)c1c(-c2cc(F)c(CO)c(S(C)(=O)=O)c2)ccc(-c2ncc(C(C)(C)O)[nH]2)c1F. The van der Waals surface area contributed by atoms with Gasteiger partial charge in [-0.2, -0.15) is 0 Å². The molecule has 6 nitrogen and oxygen atoms in total. The summed E-state index contributed by atoms with van der Waals surface area (Å²) in [4.78, 5) is 6.81. The van der Waals surface area contributed by atoms with Gasteiger partial charge in [0.25, 0.3) is 0 Å². The number of nitrogens with one attached hydrogen (secondary N) is 1.